The van der Waals surface area contributed by atoms with Gasteiger partial charge in [-0.05, 0) is 41.1 Å². The lowest BCUT2D eigenvalue weighted by atomic mass is 10.1. The van der Waals surface area contributed by atoms with E-state index in [2.05, 4.69) is 40.9 Å². The zero-order valence-electron chi connectivity index (χ0n) is 9.46. The molecule has 0 aromatic carbocycles. The molecule has 0 unspecified atom stereocenters. The summed E-state index contributed by atoms with van der Waals surface area (Å²) in [5.41, 5.74) is 9.99. The fourth-order valence-electron chi connectivity index (χ4n) is 2.28. The number of nitrogens with two attached hydrogens (primary N) is 1. The van der Waals surface area contributed by atoms with Gasteiger partial charge in [-0.1, -0.05) is 0 Å². The van der Waals surface area contributed by atoms with Gasteiger partial charge < -0.3 is 11.1 Å². The van der Waals surface area contributed by atoms with E-state index in [1.54, 1.807) is 11.3 Å². The molecule has 0 radical (unpaired) electrons. The average molecular weight is 404 g/mol. The van der Waals surface area contributed by atoms with Gasteiger partial charge in [0.25, 0.3) is 0 Å². The first-order chi connectivity index (χ1) is 8.65. The Morgan fingerprint density at radius 3 is 2.89 bits per heavy atom. The third-order valence-corrected chi connectivity index (χ3v) is 7.91. The molecule has 0 aliphatic carbocycles. The van der Waals surface area contributed by atoms with Gasteiger partial charge in [-0.3, -0.25) is 0 Å². The van der Waals surface area contributed by atoms with Crippen molar-refractivity contribution < 1.29 is 0 Å². The fourth-order valence-corrected chi connectivity index (χ4v) is 6.96. The van der Waals surface area contributed by atoms with Crippen molar-refractivity contribution in [3.8, 4) is 9.75 Å². The largest absolute Gasteiger partial charge is 0.390 e. The highest BCUT2D eigenvalue weighted by Gasteiger charge is 2.25. The molecule has 3 N–H and O–H groups in total. The van der Waals surface area contributed by atoms with Gasteiger partial charge in [-0.25, -0.2) is 0 Å². The molecule has 18 heavy (non-hydrogen) atoms. The van der Waals surface area contributed by atoms with Crippen molar-refractivity contribution >= 4 is 76.7 Å². The second-order valence-electron chi connectivity index (χ2n) is 4.31. The Morgan fingerprint density at radius 2 is 2.06 bits per heavy atom. The number of hydrogen-bond donors (Lipinski definition) is 2. The van der Waals surface area contributed by atoms with Crippen LogP contribution in [0.5, 0.6) is 0 Å². The molecule has 0 saturated heterocycles. The van der Waals surface area contributed by atoms with Gasteiger partial charge in [0.2, 0.25) is 0 Å². The number of thiophene rings is 3. The van der Waals surface area contributed by atoms with E-state index in [0.717, 1.165) is 11.5 Å². The number of hydrogen-bond acceptors (Lipinski definition) is 5. The summed E-state index contributed by atoms with van der Waals surface area (Å²) in [7, 11) is 0. The maximum Gasteiger partial charge on any atom is 0.0907 e. The molecule has 4 heterocycles. The Kier molecular flexibility index (Phi) is 2.46. The minimum absolute atomic E-state index is 0.935. The Balaban J connectivity index is 2.08. The Morgan fingerprint density at radius 1 is 1.22 bits per heavy atom. The van der Waals surface area contributed by atoms with Crippen molar-refractivity contribution in [2.75, 3.05) is 11.1 Å². The van der Waals surface area contributed by atoms with Crippen LogP contribution < -0.4 is 11.1 Å². The van der Waals surface area contributed by atoms with Crippen molar-refractivity contribution in [2.45, 2.75) is 13.5 Å². The molecule has 2 nitrogen and oxygen atoms in total. The number of nitrogen functional groups attached to an aromatic ring is 1. The number of halogens is 1. The zero-order valence-corrected chi connectivity index (χ0v) is 14.1. The highest BCUT2D eigenvalue weighted by atomic mass is 127. The Hall–Kier alpha value is -0.310. The molecule has 0 fully saturated rings. The number of nitrogens with one attached hydrogen (secondary N) is 1. The van der Waals surface area contributed by atoms with Gasteiger partial charge in [0.05, 0.1) is 32.7 Å². The molecule has 4 rings (SSSR count). The van der Waals surface area contributed by atoms with Crippen LogP contribution in [-0.2, 0) is 6.54 Å². The molecule has 0 bridgehead atoms. The summed E-state index contributed by atoms with van der Waals surface area (Å²) in [6.45, 7) is 3.06. The van der Waals surface area contributed by atoms with Crippen molar-refractivity contribution in [3.63, 3.8) is 0 Å². The minimum Gasteiger partial charge on any atom is -0.390 e. The van der Waals surface area contributed by atoms with E-state index >= 15 is 0 Å². The Labute approximate surface area is 130 Å². The molecule has 92 valence electrons. The maximum atomic E-state index is 6.03. The fraction of sp³-hybridized carbons (Fsp3) is 0.167. The highest BCUT2D eigenvalue weighted by molar-refractivity contribution is 14.1. The van der Waals surface area contributed by atoms with Crippen molar-refractivity contribution in [2.24, 2.45) is 0 Å². The van der Waals surface area contributed by atoms with E-state index in [1.807, 2.05) is 22.7 Å². The first-order valence-electron chi connectivity index (χ1n) is 5.49. The summed E-state index contributed by atoms with van der Waals surface area (Å²) in [6, 6.07) is 2.28. The van der Waals surface area contributed by atoms with Crippen LogP contribution in [0.4, 0.5) is 10.7 Å². The predicted molar refractivity (Wildman–Crippen MR) is 92.2 cm³/mol. The quantitative estimate of drug-likeness (QED) is 0.511. The second-order valence-corrected chi connectivity index (χ2v) is 9.33. The second kappa shape index (κ2) is 3.84. The van der Waals surface area contributed by atoms with Gasteiger partial charge >= 0.3 is 0 Å². The molecule has 1 aliphatic rings. The smallest absolute Gasteiger partial charge is 0.0907 e. The predicted octanol–water partition coefficient (Wildman–Crippen LogP) is 5.11. The molecule has 6 heteroatoms. The van der Waals surface area contributed by atoms with Gasteiger partial charge in [0.1, 0.15) is 0 Å². The molecule has 0 amide bonds. The summed E-state index contributed by atoms with van der Waals surface area (Å²) in [5, 5.41) is 4.52. The number of rotatable bonds is 0. The average Bonchev–Trinajstić information content (AvgIpc) is 2.94. The Bertz CT molecular complexity index is 781. The van der Waals surface area contributed by atoms with Gasteiger partial charge in [0.15, 0.2) is 0 Å². The van der Waals surface area contributed by atoms with Crippen LogP contribution in [0.2, 0.25) is 0 Å². The first-order valence-corrected chi connectivity index (χ1v) is 9.02. The molecule has 0 saturated carbocycles. The topological polar surface area (TPSA) is 38.0 Å². The monoisotopic (exact) mass is 404 g/mol. The minimum atomic E-state index is 0.935. The number of aryl methyl sites for hydroxylation is 1. The van der Waals surface area contributed by atoms with E-state index in [9.17, 15) is 0 Å². The molecular formula is C12H9IN2S3. The first kappa shape index (κ1) is 11.5. The van der Waals surface area contributed by atoms with Crippen LogP contribution >= 0.6 is 56.6 Å². The van der Waals surface area contributed by atoms with Gasteiger partial charge in [-0.2, -0.15) is 0 Å². The van der Waals surface area contributed by atoms with Gasteiger partial charge in [-0.15, -0.1) is 34.0 Å². The summed E-state index contributed by atoms with van der Waals surface area (Å²) < 4.78 is 4.05. The standard InChI is InChI=1S/C12H9IN2S3/c1-4-8-10(18-12(4)14)7-11(17-8)9-5(3-15-7)2-6(13)16-9/h2,15H,3,14H2,1H3. The lowest BCUT2D eigenvalue weighted by Gasteiger charge is -2.14. The van der Waals surface area contributed by atoms with Crippen LogP contribution in [0.1, 0.15) is 11.1 Å². The van der Waals surface area contributed by atoms with E-state index in [1.165, 1.54) is 38.9 Å². The lowest BCUT2D eigenvalue weighted by molar-refractivity contribution is 1.16. The zero-order chi connectivity index (χ0) is 12.4. The van der Waals surface area contributed by atoms with E-state index in [-0.39, 0.29) is 0 Å². The molecule has 0 atom stereocenters. The van der Waals surface area contributed by atoms with E-state index in [0.29, 0.717) is 0 Å². The normalized spacial score (nSPS) is 13.4. The van der Waals surface area contributed by atoms with Crippen LogP contribution in [0.15, 0.2) is 6.07 Å². The third-order valence-electron chi connectivity index (χ3n) is 3.23. The molecule has 0 spiro atoms. The van der Waals surface area contributed by atoms with Crippen molar-refractivity contribution in [1.82, 2.24) is 0 Å². The van der Waals surface area contributed by atoms with Crippen LogP contribution in [-0.4, -0.2) is 0 Å². The maximum absolute atomic E-state index is 6.03. The van der Waals surface area contributed by atoms with Crippen molar-refractivity contribution in [1.29, 1.82) is 0 Å². The molecular weight excluding hydrogens is 395 g/mol. The number of anilines is 2. The number of fused-ring (bicyclic) bond motifs is 5. The van der Waals surface area contributed by atoms with Crippen LogP contribution in [0.25, 0.3) is 19.2 Å². The molecule has 1 aliphatic heterocycles. The summed E-state index contributed by atoms with van der Waals surface area (Å²) in [4.78, 5) is 2.84. The molecule has 3 aromatic rings. The van der Waals surface area contributed by atoms with Crippen LogP contribution in [0, 0.1) is 9.81 Å². The third kappa shape index (κ3) is 1.43. The van der Waals surface area contributed by atoms with E-state index < -0.39 is 0 Å². The highest BCUT2D eigenvalue weighted by Crippen LogP contribution is 2.53. The SMILES string of the molecule is Cc1c(N)sc2c3c(sc12)-c1sc(I)cc1CN3. The summed E-state index contributed by atoms with van der Waals surface area (Å²) in [5.74, 6) is 0. The summed E-state index contributed by atoms with van der Waals surface area (Å²) >= 11 is 7.89. The van der Waals surface area contributed by atoms with Crippen molar-refractivity contribution in [3.05, 3.63) is 20.1 Å². The summed E-state index contributed by atoms with van der Waals surface area (Å²) in [6.07, 6.45) is 0. The lowest BCUT2D eigenvalue weighted by Crippen LogP contribution is -2.03. The van der Waals surface area contributed by atoms with Gasteiger partial charge in [0, 0.05) is 12.1 Å². The molecule has 3 aromatic heterocycles. The van der Waals surface area contributed by atoms with Crippen LogP contribution in [0.3, 0.4) is 0 Å². The van der Waals surface area contributed by atoms with E-state index in [4.69, 9.17) is 5.73 Å².